The molecule has 6 heteroatoms. The van der Waals surface area contributed by atoms with Crippen molar-refractivity contribution >= 4 is 15.7 Å². The molecule has 1 saturated heterocycles. The minimum absolute atomic E-state index is 0.152. The van der Waals surface area contributed by atoms with Crippen molar-refractivity contribution in [1.82, 2.24) is 10.6 Å². The van der Waals surface area contributed by atoms with Gasteiger partial charge in [0.1, 0.15) is 0 Å². The lowest BCUT2D eigenvalue weighted by Crippen LogP contribution is -2.50. The lowest BCUT2D eigenvalue weighted by molar-refractivity contribution is 0.200. The van der Waals surface area contributed by atoms with E-state index in [-0.39, 0.29) is 5.54 Å². The predicted octanol–water partition coefficient (Wildman–Crippen LogP) is 3.66. The number of anilines is 1. The molecule has 2 aromatic carbocycles. The van der Waals surface area contributed by atoms with Crippen LogP contribution < -0.4 is 14.9 Å². The molecule has 5 rings (SSSR count). The second kappa shape index (κ2) is 7.91. The Morgan fingerprint density at radius 3 is 2.55 bits per heavy atom. The molecule has 3 aliphatic rings. The van der Waals surface area contributed by atoms with Gasteiger partial charge in [-0.15, -0.1) is 0 Å². The summed E-state index contributed by atoms with van der Waals surface area (Å²) >= 11 is 0. The smallest absolute Gasteiger partial charge is 0.264 e. The normalized spacial score (nSPS) is 24.3. The minimum atomic E-state index is -3.50. The van der Waals surface area contributed by atoms with Gasteiger partial charge in [0.2, 0.25) is 0 Å². The Morgan fingerprint density at radius 1 is 1.06 bits per heavy atom. The molecule has 1 saturated carbocycles. The molecule has 1 aliphatic carbocycles. The van der Waals surface area contributed by atoms with Gasteiger partial charge in [-0.05, 0) is 87.9 Å². The first kappa shape index (κ1) is 21.0. The number of nitrogens with one attached hydrogen (secondary N) is 2. The van der Waals surface area contributed by atoms with E-state index in [4.69, 9.17) is 0 Å². The molecule has 0 bridgehead atoms. The monoisotopic (exact) mass is 439 g/mol. The number of rotatable bonds is 6. The molecule has 166 valence electrons. The zero-order valence-corrected chi connectivity index (χ0v) is 19.3. The molecule has 2 aromatic rings. The van der Waals surface area contributed by atoms with Crippen LogP contribution in [0.15, 0.2) is 53.4 Å². The summed E-state index contributed by atoms with van der Waals surface area (Å²) in [5.74, 6) is 1.25. The SMILES string of the molecule is CC(C)(NC1CC1c1ccc2c(c1)CCN2S(=O)(=O)c1ccccc1)C1CCNCC1. The van der Waals surface area contributed by atoms with Crippen LogP contribution in [0.5, 0.6) is 0 Å². The largest absolute Gasteiger partial charge is 0.317 e. The summed E-state index contributed by atoms with van der Waals surface area (Å²) in [7, 11) is -3.50. The van der Waals surface area contributed by atoms with Crippen molar-refractivity contribution < 1.29 is 8.42 Å². The molecule has 0 aromatic heterocycles. The fourth-order valence-electron chi connectivity index (χ4n) is 5.45. The molecule has 31 heavy (non-hydrogen) atoms. The third-order valence-electron chi connectivity index (χ3n) is 7.42. The van der Waals surface area contributed by atoms with Crippen molar-refractivity contribution in [2.24, 2.45) is 5.92 Å². The van der Waals surface area contributed by atoms with Crippen molar-refractivity contribution in [2.45, 2.75) is 61.9 Å². The van der Waals surface area contributed by atoms with Crippen molar-refractivity contribution in [3.63, 3.8) is 0 Å². The molecular weight excluding hydrogens is 406 g/mol. The van der Waals surface area contributed by atoms with Gasteiger partial charge >= 0.3 is 0 Å². The van der Waals surface area contributed by atoms with E-state index in [2.05, 4.69) is 36.6 Å². The number of hydrogen-bond donors (Lipinski definition) is 2. The maximum atomic E-state index is 13.1. The van der Waals surface area contributed by atoms with Crippen LogP contribution in [0.1, 0.15) is 50.2 Å². The maximum absolute atomic E-state index is 13.1. The van der Waals surface area contributed by atoms with Gasteiger partial charge in [-0.25, -0.2) is 8.42 Å². The topological polar surface area (TPSA) is 61.4 Å². The summed E-state index contributed by atoms with van der Waals surface area (Å²) in [4.78, 5) is 0.360. The Morgan fingerprint density at radius 2 is 1.81 bits per heavy atom. The van der Waals surface area contributed by atoms with E-state index in [9.17, 15) is 8.42 Å². The van der Waals surface area contributed by atoms with Gasteiger partial charge in [0.25, 0.3) is 10.0 Å². The standard InChI is InChI=1S/C25H33N3O2S/c1-25(2,20-10-13-26-14-11-20)27-23-17-22(23)18-8-9-24-19(16-18)12-15-28(24)31(29,30)21-6-4-3-5-7-21/h3-9,16,20,22-23,26-27H,10-15,17H2,1-2H3. The molecule has 2 fully saturated rings. The highest BCUT2D eigenvalue weighted by Crippen LogP contribution is 2.45. The van der Waals surface area contributed by atoms with Crippen LogP contribution in [-0.4, -0.2) is 39.6 Å². The third kappa shape index (κ3) is 4.01. The Bertz CT molecular complexity index is 1050. The summed E-state index contributed by atoms with van der Waals surface area (Å²) in [6.07, 6.45) is 4.42. The molecule has 0 spiro atoms. The Kier molecular flexibility index (Phi) is 5.35. The average molecular weight is 440 g/mol. The van der Waals surface area contributed by atoms with Crippen LogP contribution in [0.4, 0.5) is 5.69 Å². The highest BCUT2D eigenvalue weighted by molar-refractivity contribution is 7.92. The van der Waals surface area contributed by atoms with E-state index < -0.39 is 10.0 Å². The number of benzene rings is 2. The van der Waals surface area contributed by atoms with Gasteiger partial charge in [-0.1, -0.05) is 30.3 Å². The van der Waals surface area contributed by atoms with Crippen molar-refractivity contribution in [3.05, 3.63) is 59.7 Å². The fraction of sp³-hybridized carbons (Fsp3) is 0.520. The summed E-state index contributed by atoms with van der Waals surface area (Å²) in [6.45, 7) is 7.47. The zero-order valence-electron chi connectivity index (χ0n) is 18.5. The van der Waals surface area contributed by atoms with E-state index >= 15 is 0 Å². The summed E-state index contributed by atoms with van der Waals surface area (Å²) in [5.41, 5.74) is 3.49. The number of nitrogens with zero attached hydrogens (tertiary/aromatic N) is 1. The second-order valence-corrected chi connectivity index (χ2v) is 11.7. The summed E-state index contributed by atoms with van der Waals surface area (Å²) < 4.78 is 27.8. The molecule has 0 amide bonds. The van der Waals surface area contributed by atoms with Crippen LogP contribution in [0.25, 0.3) is 0 Å². The molecule has 2 aliphatic heterocycles. The van der Waals surface area contributed by atoms with Gasteiger partial charge in [0.05, 0.1) is 10.6 Å². The lowest BCUT2D eigenvalue weighted by Gasteiger charge is -2.38. The van der Waals surface area contributed by atoms with Crippen molar-refractivity contribution in [1.29, 1.82) is 0 Å². The molecule has 2 atom stereocenters. The zero-order chi connectivity index (χ0) is 21.6. The summed E-state index contributed by atoms with van der Waals surface area (Å²) in [6, 6.07) is 15.7. The highest BCUT2D eigenvalue weighted by Gasteiger charge is 2.44. The van der Waals surface area contributed by atoms with Crippen LogP contribution in [0.3, 0.4) is 0 Å². The maximum Gasteiger partial charge on any atom is 0.264 e. The number of hydrogen-bond acceptors (Lipinski definition) is 4. The lowest BCUT2D eigenvalue weighted by atomic mass is 9.80. The van der Waals surface area contributed by atoms with Gasteiger partial charge in [-0.2, -0.15) is 0 Å². The van der Waals surface area contributed by atoms with Crippen molar-refractivity contribution in [2.75, 3.05) is 23.9 Å². The van der Waals surface area contributed by atoms with E-state index in [1.807, 2.05) is 12.1 Å². The minimum Gasteiger partial charge on any atom is -0.317 e. The van der Waals surface area contributed by atoms with E-state index in [1.165, 1.54) is 24.8 Å². The number of sulfonamides is 1. The van der Waals surface area contributed by atoms with Crippen LogP contribution >= 0.6 is 0 Å². The van der Waals surface area contributed by atoms with Crippen LogP contribution in [0.2, 0.25) is 0 Å². The molecule has 2 unspecified atom stereocenters. The molecule has 2 N–H and O–H groups in total. The number of piperidine rings is 1. The van der Waals surface area contributed by atoms with Crippen LogP contribution in [0, 0.1) is 5.92 Å². The van der Waals surface area contributed by atoms with E-state index in [0.717, 1.165) is 30.8 Å². The van der Waals surface area contributed by atoms with Gasteiger partial charge in [0, 0.05) is 24.0 Å². The Balaban J connectivity index is 1.29. The quantitative estimate of drug-likeness (QED) is 0.721. The van der Waals surface area contributed by atoms with Crippen LogP contribution in [-0.2, 0) is 16.4 Å². The summed E-state index contributed by atoms with van der Waals surface area (Å²) in [5, 5.41) is 7.40. The van der Waals surface area contributed by atoms with Crippen molar-refractivity contribution in [3.8, 4) is 0 Å². The Hall–Kier alpha value is -1.89. The number of fused-ring (bicyclic) bond motifs is 1. The van der Waals surface area contributed by atoms with Gasteiger partial charge < -0.3 is 10.6 Å². The highest BCUT2D eigenvalue weighted by atomic mass is 32.2. The fourth-order valence-corrected chi connectivity index (χ4v) is 6.98. The van der Waals surface area contributed by atoms with E-state index in [1.54, 1.807) is 28.6 Å². The first-order valence-corrected chi connectivity index (χ1v) is 13.0. The predicted molar refractivity (Wildman–Crippen MR) is 125 cm³/mol. The Labute approximate surface area is 186 Å². The first-order valence-electron chi connectivity index (χ1n) is 11.6. The first-order chi connectivity index (χ1) is 14.9. The van der Waals surface area contributed by atoms with E-state index in [0.29, 0.717) is 29.3 Å². The third-order valence-corrected chi connectivity index (χ3v) is 9.25. The average Bonchev–Trinajstić information content (AvgIpc) is 3.39. The molecular formula is C25H33N3O2S. The van der Waals surface area contributed by atoms with Gasteiger partial charge in [0.15, 0.2) is 0 Å². The van der Waals surface area contributed by atoms with Gasteiger partial charge in [-0.3, -0.25) is 4.31 Å². The molecule has 2 heterocycles. The second-order valence-electron chi connectivity index (χ2n) is 9.87. The molecule has 0 radical (unpaired) electrons. The molecule has 5 nitrogen and oxygen atoms in total.